The summed E-state index contributed by atoms with van der Waals surface area (Å²) in [5.41, 5.74) is 3.83. The molecule has 1 aromatic heterocycles. The highest BCUT2D eigenvalue weighted by Crippen LogP contribution is 2.55. The van der Waals surface area contributed by atoms with Gasteiger partial charge in [0.2, 0.25) is 29.5 Å². The molecule has 6 N–H and O–H groups in total. The van der Waals surface area contributed by atoms with E-state index >= 15 is 0 Å². The molecule has 4 saturated carbocycles. The third-order valence-electron chi connectivity index (χ3n) is 12.4. The monoisotopic (exact) mass is 786 g/mol. The van der Waals surface area contributed by atoms with Gasteiger partial charge in [-0.1, -0.05) is 100 Å². The van der Waals surface area contributed by atoms with E-state index in [0.29, 0.717) is 17.8 Å². The Hall–Kier alpha value is -5.45. The summed E-state index contributed by atoms with van der Waals surface area (Å²) >= 11 is 0. The van der Waals surface area contributed by atoms with Crippen molar-refractivity contribution in [2.24, 2.45) is 23.2 Å². The van der Waals surface area contributed by atoms with Gasteiger partial charge in [0.15, 0.2) is 0 Å². The first kappa shape index (κ1) is 40.7. The van der Waals surface area contributed by atoms with Gasteiger partial charge in [-0.25, -0.2) is 0 Å². The average molecular weight is 787 g/mol. The number of hydrogen-bond donors (Lipinski definition) is 6. The van der Waals surface area contributed by atoms with Crippen molar-refractivity contribution in [2.75, 3.05) is 6.54 Å². The zero-order chi connectivity index (χ0) is 41.0. The second-order valence-electron chi connectivity index (χ2n) is 18.1. The second kappa shape index (κ2) is 17.2. The molecule has 0 unspecified atom stereocenters. The molecule has 5 amide bonds. The normalized spacial score (nSPS) is 22.4. The van der Waals surface area contributed by atoms with Crippen molar-refractivity contribution in [3.63, 3.8) is 0 Å². The molecule has 0 saturated heterocycles. The van der Waals surface area contributed by atoms with Crippen molar-refractivity contribution >= 4 is 40.4 Å². The third kappa shape index (κ3) is 9.63. The fourth-order valence-corrected chi connectivity index (χ4v) is 9.79. The lowest BCUT2D eigenvalue weighted by Gasteiger charge is -2.57. The van der Waals surface area contributed by atoms with Gasteiger partial charge in [-0.15, -0.1) is 0 Å². The van der Waals surface area contributed by atoms with Crippen LogP contribution in [0.25, 0.3) is 22.0 Å². The molecule has 58 heavy (non-hydrogen) atoms. The highest BCUT2D eigenvalue weighted by atomic mass is 16.2. The Bertz CT molecular complexity index is 2080. The molecule has 0 spiro atoms. The quantitative estimate of drug-likeness (QED) is 0.0907. The van der Waals surface area contributed by atoms with Crippen molar-refractivity contribution in [1.29, 1.82) is 0 Å². The van der Waals surface area contributed by atoms with Crippen LogP contribution in [0.4, 0.5) is 0 Å². The SMILES string of the molecule is CC[C@H](NC(=O)CNC(=O)[C@@H](Cc1ccc(-c2ccccc2)cc1)NC(=O)C(C)(C)C)C(=O)N[C@@H](Cc1c[nH]c2ccccc12)C(=O)NC12CC3CC(CC(C3)C1)C2. The molecule has 11 nitrogen and oxygen atoms in total. The van der Waals surface area contributed by atoms with Gasteiger partial charge in [0.05, 0.1) is 6.54 Å². The molecule has 0 aliphatic heterocycles. The Morgan fingerprint density at radius 3 is 1.93 bits per heavy atom. The van der Waals surface area contributed by atoms with Crippen LogP contribution in [-0.2, 0) is 36.8 Å². The number of hydrogen-bond acceptors (Lipinski definition) is 5. The van der Waals surface area contributed by atoms with Crippen molar-refractivity contribution in [3.05, 3.63) is 96.2 Å². The fourth-order valence-electron chi connectivity index (χ4n) is 9.79. The van der Waals surface area contributed by atoms with Crippen molar-refractivity contribution in [2.45, 2.75) is 109 Å². The van der Waals surface area contributed by atoms with Crippen LogP contribution in [0.1, 0.15) is 83.8 Å². The Morgan fingerprint density at radius 1 is 0.690 bits per heavy atom. The van der Waals surface area contributed by atoms with Crippen LogP contribution in [0.15, 0.2) is 85.1 Å². The molecular formula is C47H58N6O5. The summed E-state index contributed by atoms with van der Waals surface area (Å²) in [5.74, 6) is -0.115. The van der Waals surface area contributed by atoms with Crippen molar-refractivity contribution in [1.82, 2.24) is 31.6 Å². The average Bonchev–Trinajstić information content (AvgIpc) is 3.60. The van der Waals surface area contributed by atoms with Crippen LogP contribution in [0.5, 0.6) is 0 Å². The maximum Gasteiger partial charge on any atom is 0.243 e. The fraction of sp³-hybridized carbons (Fsp3) is 0.468. The van der Waals surface area contributed by atoms with Gasteiger partial charge in [-0.2, -0.15) is 0 Å². The number of fused-ring (bicyclic) bond motifs is 1. The second-order valence-corrected chi connectivity index (χ2v) is 18.1. The summed E-state index contributed by atoms with van der Waals surface area (Å²) in [4.78, 5) is 71.4. The van der Waals surface area contributed by atoms with E-state index < -0.39 is 47.8 Å². The Morgan fingerprint density at radius 2 is 1.29 bits per heavy atom. The first-order valence-electron chi connectivity index (χ1n) is 21.0. The number of amides is 5. The third-order valence-corrected chi connectivity index (χ3v) is 12.4. The van der Waals surface area contributed by atoms with Gasteiger partial charge in [-0.3, -0.25) is 24.0 Å². The first-order valence-corrected chi connectivity index (χ1v) is 21.0. The molecular weight excluding hydrogens is 729 g/mol. The minimum atomic E-state index is -0.943. The van der Waals surface area contributed by atoms with E-state index in [9.17, 15) is 24.0 Å². The van der Waals surface area contributed by atoms with Crippen molar-refractivity contribution < 1.29 is 24.0 Å². The summed E-state index contributed by atoms with van der Waals surface area (Å²) in [7, 11) is 0. The number of aromatic amines is 1. The number of carbonyl (C=O) groups is 5. The standard InChI is InChI=1S/C47H58N6O5/c1-5-37(50-41(54)28-49-42(55)39(52-45(58)46(2,3)4)22-29-15-17-34(18-16-29)33-11-7-6-8-12-33)43(56)51-40(23-35-27-48-38-14-10-9-13-36(35)38)44(57)53-47-24-30-19-31(25-47)21-32(20-30)26-47/h6-18,27,30-32,37,39-40,48H,5,19-26,28H2,1-4H3,(H,49,55)(H,50,54)(H,51,56)(H,52,58)(H,53,57)/t30?,31?,32?,37-,39+,40-,47?/m0/s1. The van der Waals surface area contributed by atoms with Crippen LogP contribution in [0.3, 0.4) is 0 Å². The largest absolute Gasteiger partial charge is 0.361 e. The van der Waals surface area contributed by atoms with Crippen LogP contribution < -0.4 is 26.6 Å². The molecule has 4 aliphatic carbocycles. The maximum absolute atomic E-state index is 14.3. The number of aromatic nitrogens is 1. The Kier molecular flexibility index (Phi) is 12.1. The van der Waals surface area contributed by atoms with Crippen LogP contribution in [-0.4, -0.2) is 64.7 Å². The summed E-state index contributed by atoms with van der Waals surface area (Å²) in [5, 5.41) is 15.8. The van der Waals surface area contributed by atoms with E-state index in [1.807, 2.05) is 85.1 Å². The molecule has 11 heteroatoms. The summed E-state index contributed by atoms with van der Waals surface area (Å²) in [6, 6.07) is 22.9. The minimum Gasteiger partial charge on any atom is -0.361 e. The number of rotatable bonds is 15. The zero-order valence-corrected chi connectivity index (χ0v) is 34.2. The van der Waals surface area contributed by atoms with E-state index in [0.717, 1.165) is 52.4 Å². The van der Waals surface area contributed by atoms with Gasteiger partial charge in [0, 0.05) is 40.9 Å². The van der Waals surface area contributed by atoms with E-state index in [-0.39, 0.29) is 36.6 Å². The Balaban J connectivity index is 0.993. The number of nitrogens with one attached hydrogen (secondary N) is 6. The predicted octanol–water partition coefficient (Wildman–Crippen LogP) is 5.73. The molecule has 306 valence electrons. The van der Waals surface area contributed by atoms with E-state index in [1.54, 1.807) is 27.7 Å². The molecule has 3 aromatic carbocycles. The van der Waals surface area contributed by atoms with Gasteiger partial charge >= 0.3 is 0 Å². The maximum atomic E-state index is 14.3. The minimum absolute atomic E-state index is 0.202. The lowest BCUT2D eigenvalue weighted by molar-refractivity contribution is -0.135. The summed E-state index contributed by atoms with van der Waals surface area (Å²) < 4.78 is 0. The van der Waals surface area contributed by atoms with Crippen molar-refractivity contribution in [3.8, 4) is 11.1 Å². The lowest BCUT2D eigenvalue weighted by Crippen LogP contribution is -2.63. The predicted molar refractivity (Wildman–Crippen MR) is 225 cm³/mol. The van der Waals surface area contributed by atoms with Gasteiger partial charge in [0.1, 0.15) is 18.1 Å². The van der Waals surface area contributed by atoms with Crippen LogP contribution in [0, 0.1) is 23.2 Å². The first-order chi connectivity index (χ1) is 27.8. The molecule has 0 radical (unpaired) electrons. The van der Waals surface area contributed by atoms with Gasteiger partial charge in [-0.05, 0) is 91.0 Å². The Labute approximate surface area is 341 Å². The molecule has 4 bridgehead atoms. The molecule has 4 aliphatic rings. The van der Waals surface area contributed by atoms with Crippen LogP contribution >= 0.6 is 0 Å². The van der Waals surface area contributed by atoms with Crippen LogP contribution in [0.2, 0.25) is 0 Å². The summed E-state index contributed by atoms with van der Waals surface area (Å²) in [6.45, 7) is 6.70. The highest BCUT2D eigenvalue weighted by molar-refractivity contribution is 5.95. The number of H-pyrrole nitrogens is 1. The highest BCUT2D eigenvalue weighted by Gasteiger charge is 2.52. The van der Waals surface area contributed by atoms with E-state index in [4.69, 9.17) is 0 Å². The number of benzene rings is 3. The molecule has 3 atom stereocenters. The van der Waals surface area contributed by atoms with Gasteiger partial charge < -0.3 is 31.6 Å². The van der Waals surface area contributed by atoms with E-state index in [2.05, 4.69) is 31.6 Å². The smallest absolute Gasteiger partial charge is 0.243 e. The number of carbonyl (C=O) groups excluding carboxylic acids is 5. The molecule has 8 rings (SSSR count). The zero-order valence-electron chi connectivity index (χ0n) is 34.2. The topological polar surface area (TPSA) is 161 Å². The summed E-state index contributed by atoms with van der Waals surface area (Å²) in [6.07, 6.45) is 9.36. The molecule has 1 heterocycles. The molecule has 4 aromatic rings. The lowest BCUT2D eigenvalue weighted by atomic mass is 9.53. The van der Waals surface area contributed by atoms with E-state index in [1.165, 1.54) is 19.3 Å². The van der Waals surface area contributed by atoms with Gasteiger partial charge in [0.25, 0.3) is 0 Å². The molecule has 4 fully saturated rings. The number of para-hydroxylation sites is 1.